The zero-order chi connectivity index (χ0) is 22.0. The van der Waals surface area contributed by atoms with Crippen LogP contribution in [0.2, 0.25) is 19.6 Å². The summed E-state index contributed by atoms with van der Waals surface area (Å²) in [4.78, 5) is 0. The fourth-order valence-corrected chi connectivity index (χ4v) is 3.59. The molecule has 0 atom stereocenters. The Hall–Kier alpha value is -0.900. The van der Waals surface area contributed by atoms with Crippen molar-refractivity contribution in [1.29, 1.82) is 0 Å². The van der Waals surface area contributed by atoms with Gasteiger partial charge in [0.25, 0.3) is 0 Å². The van der Waals surface area contributed by atoms with E-state index in [0.29, 0.717) is 13.2 Å². The van der Waals surface area contributed by atoms with Gasteiger partial charge in [-0.2, -0.15) is 6.08 Å². The Labute approximate surface area is 221 Å². The second-order valence-electron chi connectivity index (χ2n) is 8.29. The maximum Gasteiger partial charge on any atom is 0.183 e. The maximum atomic E-state index is 5.64. The molecule has 32 heavy (non-hydrogen) atoms. The molecule has 0 heterocycles. The fraction of sp³-hybridized carbons (Fsp3) is 0.308. The summed E-state index contributed by atoms with van der Waals surface area (Å²) in [6, 6.07) is 19.3. The van der Waals surface area contributed by atoms with E-state index in [0.717, 1.165) is 12.2 Å². The number of fused-ring (bicyclic) bond motifs is 3. The van der Waals surface area contributed by atoms with Gasteiger partial charge in [0, 0.05) is 0 Å². The molecule has 172 valence electrons. The normalized spacial score (nSPS) is 11.9. The number of halogens is 2. The van der Waals surface area contributed by atoms with E-state index in [1.165, 1.54) is 24.8 Å². The smallest absolute Gasteiger partial charge is 0.183 e. The first-order chi connectivity index (χ1) is 14.3. The second-order valence-corrected chi connectivity index (χ2v) is 15.3. The third-order valence-electron chi connectivity index (χ3n) is 4.08. The molecule has 0 spiro atoms. The van der Waals surface area contributed by atoms with Crippen LogP contribution in [0, 0.1) is 6.08 Å². The van der Waals surface area contributed by atoms with Crippen molar-refractivity contribution in [2.24, 2.45) is 0 Å². The molecule has 1 aliphatic carbocycles. The van der Waals surface area contributed by atoms with Crippen molar-refractivity contribution in [3.05, 3.63) is 78.6 Å². The van der Waals surface area contributed by atoms with Crippen LogP contribution in [0.3, 0.4) is 0 Å². The molecule has 0 fully saturated rings. The van der Waals surface area contributed by atoms with Gasteiger partial charge in [-0.25, -0.2) is 0 Å². The molecular formula is C26H32Cl2O2SiZr-2. The molecule has 0 saturated carbocycles. The van der Waals surface area contributed by atoms with Gasteiger partial charge in [-0.05, 0) is 25.4 Å². The molecule has 3 aromatic carbocycles. The van der Waals surface area contributed by atoms with Crippen LogP contribution in [-0.4, -0.2) is 24.7 Å². The standard InChI is InChI=1S/C13H9.C10H17O2Si.C3H6.2ClH.Zr/c1-3-7-12-10(5-1)9-11-6-2-4-8-13(11)12;1-13(2,3)12-9-8-11-10-6-4-5-7-10;1-3-2;;;/h1-9H;6-7H,4,8-9H2,1-3H3;1-2H3;2*1H;/q2*-1;;;;+2/p-2. The predicted molar refractivity (Wildman–Crippen MR) is 129 cm³/mol. The van der Waals surface area contributed by atoms with Crippen LogP contribution in [0.15, 0.2) is 72.5 Å². The van der Waals surface area contributed by atoms with Crippen molar-refractivity contribution in [3.8, 4) is 0 Å². The molecule has 0 N–H and O–H groups in total. The minimum Gasteiger partial charge on any atom is -1.00 e. The number of hydrogen-bond donors (Lipinski definition) is 0. The third-order valence-corrected chi connectivity index (χ3v) is 5.15. The summed E-state index contributed by atoms with van der Waals surface area (Å²) in [6.07, 6.45) is 7.84. The van der Waals surface area contributed by atoms with Gasteiger partial charge in [0.2, 0.25) is 0 Å². The summed E-state index contributed by atoms with van der Waals surface area (Å²) in [5.41, 5.74) is 0. The molecule has 0 amide bonds. The van der Waals surface area contributed by atoms with Crippen molar-refractivity contribution in [1.82, 2.24) is 0 Å². The topological polar surface area (TPSA) is 18.5 Å². The molecule has 1 aliphatic rings. The molecule has 6 heteroatoms. The van der Waals surface area contributed by atoms with E-state index in [1.807, 2.05) is 12.2 Å². The molecule has 0 aliphatic heterocycles. The van der Waals surface area contributed by atoms with E-state index < -0.39 is 8.32 Å². The molecular weight excluding hydrogens is 535 g/mol. The van der Waals surface area contributed by atoms with Crippen LogP contribution in [-0.2, 0) is 33.4 Å². The average Bonchev–Trinajstić information content (AvgIpc) is 3.32. The van der Waals surface area contributed by atoms with Gasteiger partial charge >= 0.3 is 41.3 Å². The van der Waals surface area contributed by atoms with Crippen molar-refractivity contribution in [2.75, 3.05) is 13.2 Å². The van der Waals surface area contributed by atoms with Crippen molar-refractivity contribution >= 4 is 33.1 Å². The average molecular weight is 567 g/mol. The molecule has 0 radical (unpaired) electrons. The van der Waals surface area contributed by atoms with Crippen molar-refractivity contribution in [3.63, 3.8) is 0 Å². The minimum absolute atomic E-state index is 0. The zero-order valence-electron chi connectivity index (χ0n) is 19.5. The van der Waals surface area contributed by atoms with E-state index in [1.54, 1.807) is 24.2 Å². The molecule has 0 aromatic heterocycles. The summed E-state index contributed by atoms with van der Waals surface area (Å²) in [6.45, 7) is 12.1. The number of benzene rings is 2. The van der Waals surface area contributed by atoms with Crippen molar-refractivity contribution < 1.29 is 58.2 Å². The molecule has 4 rings (SSSR count). The first-order valence-corrected chi connectivity index (χ1v) is 15.0. The van der Waals surface area contributed by atoms with Gasteiger partial charge in [0.15, 0.2) is 8.32 Å². The van der Waals surface area contributed by atoms with Crippen LogP contribution in [0.4, 0.5) is 0 Å². The van der Waals surface area contributed by atoms with E-state index in [9.17, 15) is 0 Å². The monoisotopic (exact) mass is 564 g/mol. The molecule has 0 bridgehead atoms. The number of hydrogen-bond acceptors (Lipinski definition) is 2. The van der Waals surface area contributed by atoms with Crippen LogP contribution < -0.4 is 24.8 Å². The summed E-state index contributed by atoms with van der Waals surface area (Å²) in [5, 5.41) is 5.39. The number of ether oxygens (including phenoxy) is 1. The number of allylic oxidation sites excluding steroid dienone is 3. The van der Waals surface area contributed by atoms with E-state index >= 15 is 0 Å². The minimum atomic E-state index is -1.36. The molecule has 3 aromatic rings. The Morgan fingerprint density at radius 3 is 1.88 bits per heavy atom. The Bertz CT molecular complexity index is 965. The molecule has 2 nitrogen and oxygen atoms in total. The summed E-state index contributed by atoms with van der Waals surface area (Å²) >= 11 is 1.55. The van der Waals surface area contributed by atoms with Gasteiger partial charge < -0.3 is 34.0 Å². The van der Waals surface area contributed by atoms with Gasteiger partial charge in [0.1, 0.15) is 0 Å². The Balaban J connectivity index is 0.000000490. The first-order valence-electron chi connectivity index (χ1n) is 10.3. The van der Waals surface area contributed by atoms with E-state index in [2.05, 4.69) is 94.2 Å². The predicted octanol–water partition coefficient (Wildman–Crippen LogP) is 0.967. The summed E-state index contributed by atoms with van der Waals surface area (Å²) in [7, 11) is -1.36. The van der Waals surface area contributed by atoms with Gasteiger partial charge in [-0.1, -0.05) is 36.4 Å². The summed E-state index contributed by atoms with van der Waals surface area (Å²) < 4.78 is 12.6. The Morgan fingerprint density at radius 2 is 1.44 bits per heavy atom. The number of rotatable bonds is 5. The largest absolute Gasteiger partial charge is 1.00 e. The Kier molecular flexibility index (Phi) is 15.4. The van der Waals surface area contributed by atoms with E-state index in [4.69, 9.17) is 9.16 Å². The third kappa shape index (κ3) is 11.8. The van der Waals surface area contributed by atoms with Gasteiger partial charge in [-0.15, -0.1) is 52.2 Å². The molecule has 0 unspecified atom stereocenters. The van der Waals surface area contributed by atoms with Gasteiger partial charge in [0.05, 0.1) is 13.2 Å². The quantitative estimate of drug-likeness (QED) is 0.261. The van der Waals surface area contributed by atoms with Crippen LogP contribution in [0.1, 0.15) is 20.3 Å². The molecule has 0 saturated heterocycles. The Morgan fingerprint density at radius 1 is 0.938 bits per heavy atom. The zero-order valence-corrected chi connectivity index (χ0v) is 24.5. The second kappa shape index (κ2) is 15.9. The van der Waals surface area contributed by atoms with Crippen LogP contribution in [0.25, 0.3) is 21.5 Å². The SMILES string of the molecule is C[C](C)=[Zr+2].C[Si](C)(C)OCCOC1=CC[C-]=C1.[Cl-].[Cl-].c1ccc2c(c1)[cH-]c1ccccc12. The first kappa shape index (κ1) is 31.1. The van der Waals surface area contributed by atoms with Gasteiger partial charge in [-0.3, -0.25) is 6.08 Å². The van der Waals surface area contributed by atoms with Crippen molar-refractivity contribution in [2.45, 2.75) is 39.9 Å². The fourth-order valence-electron chi connectivity index (χ4n) is 2.89. The van der Waals surface area contributed by atoms with E-state index in [-0.39, 0.29) is 24.8 Å². The van der Waals surface area contributed by atoms with Crippen LogP contribution >= 0.6 is 0 Å². The van der Waals surface area contributed by atoms with Crippen LogP contribution in [0.5, 0.6) is 0 Å². The summed E-state index contributed by atoms with van der Waals surface area (Å²) in [5.74, 6) is 0.930. The maximum absolute atomic E-state index is 5.64.